The fourth-order valence-corrected chi connectivity index (χ4v) is 0.981. The molecule has 0 aliphatic heterocycles. The molecule has 1 rings (SSSR count). The van der Waals surface area contributed by atoms with Crippen LogP contribution in [0.25, 0.3) is 0 Å². The zero-order valence-corrected chi connectivity index (χ0v) is 8.99. The summed E-state index contributed by atoms with van der Waals surface area (Å²) in [6, 6.07) is -0.0322. The normalized spacial score (nSPS) is 12.4. The first-order valence-electron chi connectivity index (χ1n) is 4.81. The zero-order chi connectivity index (χ0) is 10.6. The van der Waals surface area contributed by atoms with Crippen LogP contribution in [0.2, 0.25) is 0 Å². The van der Waals surface area contributed by atoms with E-state index >= 15 is 0 Å². The second-order valence-corrected chi connectivity index (χ2v) is 3.72. The lowest BCUT2D eigenvalue weighted by molar-refractivity contribution is 0.584. The summed E-state index contributed by atoms with van der Waals surface area (Å²) in [6.45, 7) is 4.14. The second-order valence-electron chi connectivity index (χ2n) is 3.72. The van der Waals surface area contributed by atoms with E-state index in [1.165, 1.54) is 0 Å². The lowest BCUT2D eigenvalue weighted by atomic mass is 10.1. The van der Waals surface area contributed by atoms with Gasteiger partial charge in [-0.3, -0.25) is 0 Å². The van der Waals surface area contributed by atoms with Crippen LogP contribution >= 0.6 is 0 Å². The summed E-state index contributed by atoms with van der Waals surface area (Å²) in [5.41, 5.74) is 5.79. The van der Waals surface area contributed by atoms with E-state index in [9.17, 15) is 0 Å². The minimum Gasteiger partial charge on any atom is -0.337 e. The molecule has 1 heterocycles. The molecule has 0 aromatic carbocycles. The largest absolute Gasteiger partial charge is 0.337 e. The van der Waals surface area contributed by atoms with Crippen molar-refractivity contribution in [2.75, 3.05) is 0 Å². The molecule has 76 valence electrons. The zero-order valence-electron chi connectivity index (χ0n) is 8.99. The molecule has 0 saturated heterocycles. The van der Waals surface area contributed by atoms with Gasteiger partial charge in [0.25, 0.3) is 0 Å². The van der Waals surface area contributed by atoms with Crippen LogP contribution in [0, 0.1) is 17.8 Å². The molecule has 0 amide bonds. The van der Waals surface area contributed by atoms with Crippen LogP contribution in [0.4, 0.5) is 0 Å². The van der Waals surface area contributed by atoms with Crippen molar-refractivity contribution in [3.05, 3.63) is 18.2 Å². The molecule has 14 heavy (non-hydrogen) atoms. The molecule has 0 aliphatic rings. The molecule has 0 spiro atoms. The molecule has 1 unspecified atom stereocenters. The van der Waals surface area contributed by atoms with Gasteiger partial charge in [0.2, 0.25) is 0 Å². The van der Waals surface area contributed by atoms with E-state index in [0.717, 1.165) is 5.82 Å². The van der Waals surface area contributed by atoms with Crippen LogP contribution in [0.15, 0.2) is 12.4 Å². The van der Waals surface area contributed by atoms with Crippen molar-refractivity contribution in [2.24, 2.45) is 18.7 Å². The third-order valence-electron chi connectivity index (χ3n) is 2.15. The van der Waals surface area contributed by atoms with Gasteiger partial charge in [-0.25, -0.2) is 4.98 Å². The summed E-state index contributed by atoms with van der Waals surface area (Å²) < 4.78 is 1.97. The number of imidazole rings is 1. The van der Waals surface area contributed by atoms with E-state index in [1.807, 2.05) is 17.8 Å². The average Bonchev–Trinajstić information content (AvgIpc) is 2.51. The predicted octanol–water partition coefficient (Wildman–Crippen LogP) is 0.949. The van der Waals surface area contributed by atoms with E-state index in [1.54, 1.807) is 6.20 Å². The molecule has 0 radical (unpaired) electrons. The number of hydrogen-bond donors (Lipinski definition) is 1. The molecule has 0 fully saturated rings. The minimum absolute atomic E-state index is 0.0322. The van der Waals surface area contributed by atoms with Crippen LogP contribution in [0.1, 0.15) is 19.7 Å². The molecule has 0 saturated carbocycles. The van der Waals surface area contributed by atoms with Gasteiger partial charge in [0, 0.05) is 19.4 Å². The topological polar surface area (TPSA) is 43.8 Å². The lowest BCUT2D eigenvalue weighted by Gasteiger charge is -2.06. The van der Waals surface area contributed by atoms with Crippen LogP contribution in [-0.2, 0) is 13.5 Å². The number of aromatic nitrogens is 2. The Morgan fingerprint density at radius 3 is 2.79 bits per heavy atom. The molecule has 2 N–H and O–H groups in total. The number of rotatable bonds is 2. The fourth-order valence-electron chi connectivity index (χ4n) is 0.981. The highest BCUT2D eigenvalue weighted by Gasteiger charge is 2.02. The van der Waals surface area contributed by atoms with Crippen molar-refractivity contribution in [2.45, 2.75) is 26.3 Å². The molecule has 1 aromatic rings. The third-order valence-corrected chi connectivity index (χ3v) is 2.15. The van der Waals surface area contributed by atoms with Gasteiger partial charge in [0.1, 0.15) is 5.82 Å². The van der Waals surface area contributed by atoms with E-state index in [4.69, 9.17) is 5.73 Å². The molecule has 0 bridgehead atoms. The molecule has 1 atom stereocenters. The minimum atomic E-state index is -0.0322. The molecular formula is C11H17N3. The number of hydrogen-bond acceptors (Lipinski definition) is 2. The standard InChI is InChI=1S/C11H17N3/c1-9(2)10(12)5-4-6-11-13-7-8-14(11)3/h7-10H,6,12H2,1-3H3. The summed E-state index contributed by atoms with van der Waals surface area (Å²) in [5, 5.41) is 0. The first kappa shape index (κ1) is 10.8. The summed E-state index contributed by atoms with van der Waals surface area (Å²) in [5.74, 6) is 7.46. The van der Waals surface area contributed by atoms with Gasteiger partial charge in [-0.2, -0.15) is 0 Å². The highest BCUT2D eigenvalue weighted by atomic mass is 15.0. The van der Waals surface area contributed by atoms with Gasteiger partial charge in [0.05, 0.1) is 12.5 Å². The Bertz CT molecular complexity index is 341. The predicted molar refractivity (Wildman–Crippen MR) is 57.5 cm³/mol. The van der Waals surface area contributed by atoms with Crippen LogP contribution in [0.3, 0.4) is 0 Å². The Balaban J connectivity index is 2.52. The first-order chi connectivity index (χ1) is 6.61. The van der Waals surface area contributed by atoms with Gasteiger partial charge >= 0.3 is 0 Å². The second kappa shape index (κ2) is 4.83. The maximum atomic E-state index is 5.79. The van der Waals surface area contributed by atoms with Gasteiger partial charge in [-0.15, -0.1) is 0 Å². The first-order valence-corrected chi connectivity index (χ1v) is 4.81. The van der Waals surface area contributed by atoms with Crippen molar-refractivity contribution in [1.29, 1.82) is 0 Å². The SMILES string of the molecule is CC(C)C(N)C#CCc1nccn1C. The van der Waals surface area contributed by atoms with Gasteiger partial charge < -0.3 is 10.3 Å². The highest BCUT2D eigenvalue weighted by Crippen LogP contribution is 1.97. The Kier molecular flexibility index (Phi) is 3.73. The quantitative estimate of drug-likeness (QED) is 0.707. The van der Waals surface area contributed by atoms with Crippen molar-refractivity contribution in [1.82, 2.24) is 9.55 Å². The Hall–Kier alpha value is -1.27. The van der Waals surface area contributed by atoms with Crippen molar-refractivity contribution >= 4 is 0 Å². The average molecular weight is 191 g/mol. The molecular weight excluding hydrogens is 174 g/mol. The monoisotopic (exact) mass is 191 g/mol. The number of nitrogens with zero attached hydrogens (tertiary/aromatic N) is 2. The number of aryl methyl sites for hydroxylation is 1. The fraction of sp³-hybridized carbons (Fsp3) is 0.545. The number of nitrogens with two attached hydrogens (primary N) is 1. The lowest BCUT2D eigenvalue weighted by Crippen LogP contribution is -2.24. The van der Waals surface area contributed by atoms with Gasteiger partial charge in [-0.1, -0.05) is 25.7 Å². The Morgan fingerprint density at radius 2 is 2.29 bits per heavy atom. The van der Waals surface area contributed by atoms with Crippen LogP contribution in [-0.4, -0.2) is 15.6 Å². The van der Waals surface area contributed by atoms with E-state index < -0.39 is 0 Å². The highest BCUT2D eigenvalue weighted by molar-refractivity contribution is 5.12. The van der Waals surface area contributed by atoms with Crippen molar-refractivity contribution < 1.29 is 0 Å². The van der Waals surface area contributed by atoms with Crippen molar-refractivity contribution in [3.8, 4) is 11.8 Å². The maximum Gasteiger partial charge on any atom is 0.120 e. The molecule has 3 nitrogen and oxygen atoms in total. The summed E-state index contributed by atoms with van der Waals surface area (Å²) in [6.07, 6.45) is 4.36. The van der Waals surface area contributed by atoms with E-state index in [2.05, 4.69) is 30.7 Å². The molecule has 0 aliphatic carbocycles. The van der Waals surface area contributed by atoms with Gasteiger partial charge in [0.15, 0.2) is 0 Å². The molecule has 1 aromatic heterocycles. The van der Waals surface area contributed by atoms with Crippen LogP contribution in [0.5, 0.6) is 0 Å². The summed E-state index contributed by atoms with van der Waals surface area (Å²) >= 11 is 0. The van der Waals surface area contributed by atoms with Crippen molar-refractivity contribution in [3.63, 3.8) is 0 Å². The smallest absolute Gasteiger partial charge is 0.120 e. The van der Waals surface area contributed by atoms with Gasteiger partial charge in [-0.05, 0) is 5.92 Å². The maximum absolute atomic E-state index is 5.79. The Labute approximate surface area is 85.3 Å². The van der Waals surface area contributed by atoms with Crippen LogP contribution < -0.4 is 5.73 Å². The Morgan fingerprint density at radius 1 is 1.57 bits per heavy atom. The summed E-state index contributed by atoms with van der Waals surface area (Å²) in [7, 11) is 1.96. The third kappa shape index (κ3) is 2.90. The summed E-state index contributed by atoms with van der Waals surface area (Å²) in [4.78, 5) is 4.18. The molecule has 3 heteroatoms. The van der Waals surface area contributed by atoms with E-state index in [0.29, 0.717) is 12.3 Å². The van der Waals surface area contributed by atoms with E-state index in [-0.39, 0.29) is 6.04 Å².